The fourth-order valence-corrected chi connectivity index (χ4v) is 3.56. The smallest absolute Gasteiger partial charge is 0.251 e. The average molecular weight is 468 g/mol. The lowest BCUT2D eigenvalue weighted by molar-refractivity contribution is 0.0953. The lowest BCUT2D eigenvalue weighted by Gasteiger charge is -2.09. The van der Waals surface area contributed by atoms with Gasteiger partial charge in [0.2, 0.25) is 0 Å². The average Bonchev–Trinajstić information content (AvgIpc) is 3.36. The first-order valence-corrected chi connectivity index (χ1v) is 10.5. The lowest BCUT2D eigenvalue weighted by Crippen LogP contribution is -2.23. The van der Waals surface area contributed by atoms with Crippen LogP contribution < -0.4 is 10.6 Å². The molecule has 0 aliphatic heterocycles. The van der Waals surface area contributed by atoms with Crippen LogP contribution in [0.3, 0.4) is 0 Å². The SMILES string of the molecule is CCCNC(=O)c1ccc(-c2cnc3c(NCc4cnn(C)c4)nc(Br)cn23)cc1. The maximum atomic E-state index is 12.1. The molecule has 0 saturated heterocycles. The summed E-state index contributed by atoms with van der Waals surface area (Å²) in [6.07, 6.45) is 8.38. The zero-order chi connectivity index (χ0) is 21.1. The molecule has 0 atom stereocenters. The Kier molecular flexibility index (Phi) is 5.80. The molecule has 2 N–H and O–H groups in total. The van der Waals surface area contributed by atoms with E-state index in [1.165, 1.54) is 0 Å². The van der Waals surface area contributed by atoms with E-state index in [1.807, 2.05) is 67.4 Å². The minimum absolute atomic E-state index is 0.0598. The molecule has 0 saturated carbocycles. The van der Waals surface area contributed by atoms with Crippen molar-refractivity contribution in [2.45, 2.75) is 19.9 Å². The second-order valence-corrected chi connectivity index (χ2v) is 7.77. The summed E-state index contributed by atoms with van der Waals surface area (Å²) in [5.74, 6) is 0.616. The van der Waals surface area contributed by atoms with E-state index in [0.717, 1.165) is 28.9 Å². The molecule has 0 bridgehead atoms. The Hall–Kier alpha value is -3.20. The summed E-state index contributed by atoms with van der Waals surface area (Å²) in [4.78, 5) is 21.2. The van der Waals surface area contributed by atoms with Gasteiger partial charge < -0.3 is 10.6 Å². The van der Waals surface area contributed by atoms with E-state index in [2.05, 4.69) is 41.6 Å². The van der Waals surface area contributed by atoms with Gasteiger partial charge in [-0.05, 0) is 34.5 Å². The maximum absolute atomic E-state index is 12.1. The Morgan fingerprint density at radius 1 is 1.17 bits per heavy atom. The van der Waals surface area contributed by atoms with E-state index in [4.69, 9.17) is 0 Å². The second kappa shape index (κ2) is 8.66. The van der Waals surface area contributed by atoms with E-state index in [0.29, 0.717) is 29.1 Å². The number of aromatic nitrogens is 5. The van der Waals surface area contributed by atoms with Crippen LogP contribution in [0.1, 0.15) is 29.3 Å². The van der Waals surface area contributed by atoms with Gasteiger partial charge in [0.05, 0.1) is 18.1 Å². The first-order valence-electron chi connectivity index (χ1n) is 9.68. The largest absolute Gasteiger partial charge is 0.363 e. The molecule has 0 aliphatic carbocycles. The van der Waals surface area contributed by atoms with Gasteiger partial charge in [-0.3, -0.25) is 13.9 Å². The molecule has 1 amide bonds. The van der Waals surface area contributed by atoms with Crippen molar-refractivity contribution in [3.8, 4) is 11.3 Å². The van der Waals surface area contributed by atoms with Crippen LogP contribution in [-0.2, 0) is 13.6 Å². The number of nitrogens with one attached hydrogen (secondary N) is 2. The predicted molar refractivity (Wildman–Crippen MR) is 119 cm³/mol. The van der Waals surface area contributed by atoms with Crippen molar-refractivity contribution in [1.29, 1.82) is 0 Å². The summed E-state index contributed by atoms with van der Waals surface area (Å²) in [7, 11) is 1.89. The number of carbonyl (C=O) groups is 1. The summed E-state index contributed by atoms with van der Waals surface area (Å²) in [5.41, 5.74) is 4.30. The summed E-state index contributed by atoms with van der Waals surface area (Å²) in [5, 5.41) is 10.4. The molecule has 0 aliphatic rings. The molecule has 3 heterocycles. The second-order valence-electron chi connectivity index (χ2n) is 6.96. The Morgan fingerprint density at radius 3 is 2.67 bits per heavy atom. The van der Waals surface area contributed by atoms with E-state index >= 15 is 0 Å². The zero-order valence-electron chi connectivity index (χ0n) is 16.8. The molecule has 9 heteroatoms. The number of imidazole rings is 1. The van der Waals surface area contributed by atoms with Crippen LogP contribution >= 0.6 is 15.9 Å². The van der Waals surface area contributed by atoms with Gasteiger partial charge in [-0.2, -0.15) is 5.10 Å². The summed E-state index contributed by atoms with van der Waals surface area (Å²) in [6.45, 7) is 3.29. The number of carbonyl (C=O) groups excluding carboxylic acids is 1. The van der Waals surface area contributed by atoms with Crippen molar-refractivity contribution in [1.82, 2.24) is 29.5 Å². The van der Waals surface area contributed by atoms with Gasteiger partial charge in [0.15, 0.2) is 11.5 Å². The van der Waals surface area contributed by atoms with Crippen LogP contribution in [0, 0.1) is 0 Å². The third-order valence-electron chi connectivity index (χ3n) is 4.66. The molecule has 4 aromatic rings. The van der Waals surface area contributed by atoms with Crippen molar-refractivity contribution in [2.75, 3.05) is 11.9 Å². The Bertz CT molecular complexity index is 1180. The number of hydrogen-bond acceptors (Lipinski definition) is 5. The number of benzene rings is 1. The molecule has 0 fully saturated rings. The number of rotatable bonds is 7. The van der Waals surface area contributed by atoms with E-state index in [9.17, 15) is 4.79 Å². The monoisotopic (exact) mass is 467 g/mol. The van der Waals surface area contributed by atoms with Crippen LogP contribution in [0.4, 0.5) is 5.82 Å². The Balaban J connectivity index is 1.61. The number of aryl methyl sites for hydroxylation is 1. The summed E-state index contributed by atoms with van der Waals surface area (Å²) in [6, 6.07) is 7.53. The van der Waals surface area contributed by atoms with E-state index in [-0.39, 0.29) is 5.91 Å². The van der Waals surface area contributed by atoms with Crippen LogP contribution in [-0.4, -0.2) is 36.6 Å². The maximum Gasteiger partial charge on any atom is 0.251 e. The van der Waals surface area contributed by atoms with E-state index in [1.54, 1.807) is 4.68 Å². The van der Waals surface area contributed by atoms with Crippen molar-refractivity contribution in [2.24, 2.45) is 7.05 Å². The first kappa shape index (κ1) is 20.1. The molecular formula is C21H22BrN7O. The predicted octanol–water partition coefficient (Wildman–Crippen LogP) is 3.64. The van der Waals surface area contributed by atoms with Crippen molar-refractivity contribution in [3.63, 3.8) is 0 Å². The quantitative estimate of drug-likeness (QED) is 0.432. The first-order chi connectivity index (χ1) is 14.5. The molecule has 0 spiro atoms. The minimum atomic E-state index is -0.0598. The van der Waals surface area contributed by atoms with Crippen molar-refractivity contribution in [3.05, 3.63) is 64.8 Å². The Labute approximate surface area is 182 Å². The normalized spacial score (nSPS) is 11.0. The molecule has 30 heavy (non-hydrogen) atoms. The van der Waals surface area contributed by atoms with Gasteiger partial charge in [0.25, 0.3) is 5.91 Å². The number of hydrogen-bond donors (Lipinski definition) is 2. The fraction of sp³-hybridized carbons (Fsp3) is 0.238. The molecule has 3 aromatic heterocycles. The van der Waals surface area contributed by atoms with Gasteiger partial charge in [0, 0.05) is 49.2 Å². The molecule has 1 aromatic carbocycles. The summed E-state index contributed by atoms with van der Waals surface area (Å²) < 4.78 is 4.44. The van der Waals surface area contributed by atoms with Gasteiger partial charge in [0.1, 0.15) is 4.60 Å². The molecule has 154 valence electrons. The highest BCUT2D eigenvalue weighted by Crippen LogP contribution is 2.26. The fourth-order valence-electron chi connectivity index (χ4n) is 3.17. The molecule has 0 radical (unpaired) electrons. The van der Waals surface area contributed by atoms with Crippen LogP contribution in [0.5, 0.6) is 0 Å². The highest BCUT2D eigenvalue weighted by Gasteiger charge is 2.13. The molecular weight excluding hydrogens is 446 g/mol. The van der Waals surface area contributed by atoms with E-state index < -0.39 is 0 Å². The molecule has 0 unspecified atom stereocenters. The Morgan fingerprint density at radius 2 is 1.97 bits per heavy atom. The highest BCUT2D eigenvalue weighted by molar-refractivity contribution is 9.10. The van der Waals surface area contributed by atoms with Gasteiger partial charge in [-0.25, -0.2) is 9.97 Å². The topological polar surface area (TPSA) is 89.1 Å². The number of anilines is 1. The summed E-state index contributed by atoms with van der Waals surface area (Å²) >= 11 is 3.49. The number of halogens is 1. The zero-order valence-corrected chi connectivity index (χ0v) is 18.3. The molecule has 4 rings (SSSR count). The minimum Gasteiger partial charge on any atom is -0.363 e. The van der Waals surface area contributed by atoms with Crippen LogP contribution in [0.25, 0.3) is 16.9 Å². The standard InChI is InChI=1S/C21H22BrN7O/c1-3-8-23-21(30)16-6-4-15(5-7-16)17-11-25-20-19(27-18(22)13-29(17)20)24-9-14-10-26-28(2)12-14/h4-7,10-13H,3,8-9H2,1-2H3,(H,23,30)(H,24,27). The van der Waals surface area contributed by atoms with Gasteiger partial charge in [-0.15, -0.1) is 0 Å². The van der Waals surface area contributed by atoms with Crippen molar-refractivity contribution < 1.29 is 4.79 Å². The van der Waals surface area contributed by atoms with Crippen molar-refractivity contribution >= 4 is 33.3 Å². The lowest BCUT2D eigenvalue weighted by atomic mass is 10.1. The van der Waals surface area contributed by atoms with Gasteiger partial charge >= 0.3 is 0 Å². The van der Waals surface area contributed by atoms with Crippen LogP contribution in [0.2, 0.25) is 0 Å². The van der Waals surface area contributed by atoms with Crippen LogP contribution in [0.15, 0.2) is 53.7 Å². The number of nitrogens with zero attached hydrogens (tertiary/aromatic N) is 5. The number of amides is 1. The third-order valence-corrected chi connectivity index (χ3v) is 5.04. The van der Waals surface area contributed by atoms with Gasteiger partial charge in [-0.1, -0.05) is 19.1 Å². The third kappa shape index (κ3) is 4.20. The highest BCUT2D eigenvalue weighted by atomic mass is 79.9. The number of fused-ring (bicyclic) bond motifs is 1. The molecule has 8 nitrogen and oxygen atoms in total.